The average molecular weight is 559 g/mol. The maximum atomic E-state index is 13.7. The number of nitrogens with zero attached hydrogens (tertiary/aromatic N) is 4. The number of aromatic nitrogens is 4. The van der Waals surface area contributed by atoms with Crippen molar-refractivity contribution in [3.63, 3.8) is 0 Å². The number of oxazole rings is 1. The van der Waals surface area contributed by atoms with Crippen LogP contribution in [0.4, 0.5) is 0 Å². The van der Waals surface area contributed by atoms with Crippen LogP contribution < -0.4 is 10.1 Å². The molecule has 0 saturated carbocycles. The van der Waals surface area contributed by atoms with Gasteiger partial charge in [-0.25, -0.2) is 15.0 Å². The second-order valence-corrected chi connectivity index (χ2v) is 10.8. The van der Waals surface area contributed by atoms with Crippen LogP contribution in [0, 0.1) is 5.41 Å². The van der Waals surface area contributed by atoms with E-state index in [0.29, 0.717) is 24.7 Å². The maximum Gasteiger partial charge on any atom is 0.263 e. The van der Waals surface area contributed by atoms with Crippen molar-refractivity contribution in [2.45, 2.75) is 38.1 Å². The van der Waals surface area contributed by atoms with Crippen molar-refractivity contribution in [1.29, 1.82) is 0 Å². The van der Waals surface area contributed by atoms with Gasteiger partial charge in [0.15, 0.2) is 0 Å². The lowest BCUT2D eigenvalue weighted by Gasteiger charge is -2.47. The van der Waals surface area contributed by atoms with Crippen molar-refractivity contribution < 1.29 is 23.5 Å². The van der Waals surface area contributed by atoms with Gasteiger partial charge < -0.3 is 29.1 Å². The highest BCUT2D eigenvalue weighted by Gasteiger charge is 2.45. The number of pyridine rings is 1. The summed E-state index contributed by atoms with van der Waals surface area (Å²) in [5.74, 6) is 1.06. The molecule has 3 aliphatic heterocycles. The predicted octanol–water partition coefficient (Wildman–Crippen LogP) is 3.94. The van der Waals surface area contributed by atoms with Crippen LogP contribution in [0.15, 0.2) is 53.4 Å². The number of amides is 1. The third-order valence-corrected chi connectivity index (χ3v) is 8.25. The molecule has 214 valence electrons. The number of Topliss-reactive ketones (excluding diaryl/α,β-unsaturated/α-hetero) is 1. The quantitative estimate of drug-likeness (QED) is 0.196. The van der Waals surface area contributed by atoms with Gasteiger partial charge in [-0.05, 0) is 57.5 Å². The standard InChI is InChI=1S/C30H34N6O5/c1-39-27-21(17-20-5-2-3-6-22(20)34-27)23-18-32-26(33-23)24(19-40-15-4-7-25(37)28-31-11-16-41-28)35-29(38)30-8-12-36(13-9-30)14-10-30/h2-3,5-6,11,16-18,24H,4,7-10,12-15,19H2,1H3,(H,32,33)(H,35,38). The summed E-state index contributed by atoms with van der Waals surface area (Å²) in [6.45, 7) is 3.41. The Kier molecular flexibility index (Phi) is 7.80. The molecular weight excluding hydrogens is 524 g/mol. The largest absolute Gasteiger partial charge is 0.480 e. The van der Waals surface area contributed by atoms with Gasteiger partial charge in [0.05, 0.1) is 48.3 Å². The van der Waals surface area contributed by atoms with Gasteiger partial charge in [-0.3, -0.25) is 9.59 Å². The number of hydrogen-bond acceptors (Lipinski definition) is 9. The van der Waals surface area contributed by atoms with Crippen LogP contribution in [0.25, 0.3) is 22.2 Å². The second-order valence-electron chi connectivity index (χ2n) is 10.8. The van der Waals surface area contributed by atoms with Crippen molar-refractivity contribution >= 4 is 22.6 Å². The number of H-pyrrole nitrogens is 1. The first kappa shape index (κ1) is 27.1. The van der Waals surface area contributed by atoms with Crippen LogP contribution in [0.5, 0.6) is 5.88 Å². The summed E-state index contributed by atoms with van der Waals surface area (Å²) in [6, 6.07) is 9.37. The third-order valence-electron chi connectivity index (χ3n) is 8.25. The van der Waals surface area contributed by atoms with E-state index in [9.17, 15) is 9.59 Å². The highest BCUT2D eigenvalue weighted by atomic mass is 16.5. The summed E-state index contributed by atoms with van der Waals surface area (Å²) in [4.78, 5) is 44.9. The molecule has 3 aromatic heterocycles. The molecule has 3 aliphatic rings. The van der Waals surface area contributed by atoms with E-state index in [1.165, 1.54) is 12.5 Å². The Balaban J connectivity index is 1.18. The molecule has 0 aliphatic carbocycles. The number of para-hydroxylation sites is 1. The Hall–Kier alpha value is -4.09. The minimum atomic E-state index is -0.493. The first-order chi connectivity index (χ1) is 20.0. The molecule has 0 spiro atoms. The Morgan fingerprint density at radius 3 is 2.73 bits per heavy atom. The zero-order chi connectivity index (χ0) is 28.2. The Morgan fingerprint density at radius 1 is 1.17 bits per heavy atom. The number of piperidine rings is 3. The van der Waals surface area contributed by atoms with Gasteiger partial charge in [0.2, 0.25) is 17.6 Å². The minimum absolute atomic E-state index is 0.0485. The number of aromatic amines is 1. The first-order valence-corrected chi connectivity index (χ1v) is 14.1. The van der Waals surface area contributed by atoms with Crippen molar-refractivity contribution in [2.24, 2.45) is 5.41 Å². The zero-order valence-corrected chi connectivity index (χ0v) is 23.1. The summed E-state index contributed by atoms with van der Waals surface area (Å²) >= 11 is 0. The molecule has 2 bridgehead atoms. The van der Waals surface area contributed by atoms with E-state index < -0.39 is 6.04 Å². The van der Waals surface area contributed by atoms with Crippen molar-refractivity contribution in [1.82, 2.24) is 30.2 Å². The number of carbonyl (C=O) groups excluding carboxylic acids is 2. The van der Waals surface area contributed by atoms with Crippen LogP contribution in [-0.2, 0) is 9.53 Å². The molecule has 3 fully saturated rings. The van der Waals surface area contributed by atoms with Crippen LogP contribution in [-0.4, -0.2) is 76.5 Å². The Bertz CT molecular complexity index is 1500. The Labute approximate surface area is 237 Å². The third kappa shape index (κ3) is 5.73. The van der Waals surface area contributed by atoms with E-state index >= 15 is 0 Å². The summed E-state index contributed by atoms with van der Waals surface area (Å²) < 4.78 is 16.6. The fourth-order valence-corrected chi connectivity index (χ4v) is 5.77. The lowest BCUT2D eigenvalue weighted by Crippen LogP contribution is -2.55. The highest BCUT2D eigenvalue weighted by Crippen LogP contribution is 2.40. The van der Waals surface area contributed by atoms with Gasteiger partial charge in [0.25, 0.3) is 5.89 Å². The SMILES string of the molecule is COc1nc2ccccc2cc1-c1cnc(C(COCCCC(=O)c2ncco2)NC(=O)C23CCN(CC2)CC3)[nH]1. The van der Waals surface area contributed by atoms with Crippen LogP contribution in [0.2, 0.25) is 0 Å². The molecule has 1 unspecified atom stereocenters. The molecule has 2 N–H and O–H groups in total. The van der Waals surface area contributed by atoms with Crippen molar-refractivity contribution in [3.05, 3.63) is 60.7 Å². The summed E-state index contributed by atoms with van der Waals surface area (Å²) in [5, 5.41) is 4.23. The molecule has 11 nitrogen and oxygen atoms in total. The van der Waals surface area contributed by atoms with Crippen LogP contribution in [0.3, 0.4) is 0 Å². The number of ketones is 1. The molecule has 7 rings (SSSR count). The number of imidazole rings is 1. The number of methoxy groups -OCH3 is 1. The molecule has 41 heavy (non-hydrogen) atoms. The summed E-state index contributed by atoms with van der Waals surface area (Å²) in [6.07, 6.45) is 7.91. The second kappa shape index (κ2) is 11.8. The number of nitrogens with one attached hydrogen (secondary N) is 2. The van der Waals surface area contributed by atoms with Gasteiger partial charge >= 0.3 is 0 Å². The minimum Gasteiger partial charge on any atom is -0.480 e. The number of hydrogen-bond donors (Lipinski definition) is 2. The van der Waals surface area contributed by atoms with E-state index in [0.717, 1.165) is 61.1 Å². The van der Waals surface area contributed by atoms with E-state index in [1.807, 2.05) is 30.3 Å². The summed E-state index contributed by atoms with van der Waals surface area (Å²) in [7, 11) is 1.59. The zero-order valence-electron chi connectivity index (χ0n) is 23.1. The molecule has 1 amide bonds. The van der Waals surface area contributed by atoms with E-state index in [4.69, 9.17) is 13.9 Å². The van der Waals surface area contributed by atoms with Gasteiger partial charge in [0, 0.05) is 18.4 Å². The van der Waals surface area contributed by atoms with E-state index in [1.54, 1.807) is 13.3 Å². The lowest BCUT2D eigenvalue weighted by atomic mass is 9.71. The molecule has 4 aromatic rings. The molecule has 11 heteroatoms. The van der Waals surface area contributed by atoms with E-state index in [-0.39, 0.29) is 36.0 Å². The lowest BCUT2D eigenvalue weighted by molar-refractivity contribution is -0.139. The topological polar surface area (TPSA) is 135 Å². The normalized spacial score (nSPS) is 20.7. The highest BCUT2D eigenvalue weighted by molar-refractivity contribution is 5.91. The fourth-order valence-electron chi connectivity index (χ4n) is 5.77. The average Bonchev–Trinajstić information content (AvgIpc) is 3.74. The molecule has 1 atom stereocenters. The number of ether oxygens (including phenoxy) is 2. The molecule has 0 radical (unpaired) electrons. The number of fused-ring (bicyclic) bond motifs is 4. The van der Waals surface area contributed by atoms with Gasteiger partial charge in [0.1, 0.15) is 18.1 Å². The Morgan fingerprint density at radius 2 is 1.98 bits per heavy atom. The monoisotopic (exact) mass is 558 g/mol. The van der Waals surface area contributed by atoms with Crippen molar-refractivity contribution in [3.8, 4) is 17.1 Å². The predicted molar refractivity (Wildman–Crippen MR) is 150 cm³/mol. The van der Waals surface area contributed by atoms with E-state index in [2.05, 4.69) is 30.2 Å². The number of rotatable bonds is 12. The van der Waals surface area contributed by atoms with Gasteiger partial charge in [-0.15, -0.1) is 0 Å². The smallest absolute Gasteiger partial charge is 0.263 e. The molecule has 1 aromatic carbocycles. The number of benzene rings is 1. The van der Waals surface area contributed by atoms with Crippen LogP contribution >= 0.6 is 0 Å². The molecular formula is C30H34N6O5. The van der Waals surface area contributed by atoms with Crippen LogP contribution in [0.1, 0.15) is 54.7 Å². The van der Waals surface area contributed by atoms with Gasteiger partial charge in [-0.1, -0.05) is 18.2 Å². The fraction of sp³-hybridized carbons (Fsp3) is 0.433. The first-order valence-electron chi connectivity index (χ1n) is 14.1. The summed E-state index contributed by atoms with van der Waals surface area (Å²) in [5.41, 5.74) is 2.00. The van der Waals surface area contributed by atoms with Crippen molar-refractivity contribution in [2.75, 3.05) is 40.0 Å². The maximum absolute atomic E-state index is 13.7. The van der Waals surface area contributed by atoms with Gasteiger partial charge in [-0.2, -0.15) is 0 Å². The molecule has 3 saturated heterocycles. The number of carbonyl (C=O) groups is 2. The molecule has 6 heterocycles.